The van der Waals surface area contributed by atoms with Gasteiger partial charge in [-0.05, 0) is 0 Å². The maximum atomic E-state index is 2.51. The molecule has 0 aliphatic carbocycles. The van der Waals surface area contributed by atoms with Crippen molar-refractivity contribution in [2.75, 3.05) is 0 Å². The van der Waals surface area contributed by atoms with Crippen LogP contribution in [0.5, 0.6) is 0 Å². The van der Waals surface area contributed by atoms with Gasteiger partial charge in [-0.1, -0.05) is 0 Å². The normalized spacial score (nSPS) is 12.3. The van der Waals surface area contributed by atoms with Gasteiger partial charge >= 0.3 is 158 Å². The Morgan fingerprint density at radius 3 is 2.16 bits per heavy atom. The van der Waals surface area contributed by atoms with Gasteiger partial charge in [-0.2, -0.15) is 0 Å². The number of aromatic nitrogens is 1. The Kier molecular flexibility index (Phi) is 6.19. The molecule has 2 heteroatoms. The SMILES string of the molecule is Cc1ccc(CC(C)C)cc1-c1c[c]([Ge]([CH3])([CH3])[CH3])c(C(C)C)c[n+]1C. The summed E-state index contributed by atoms with van der Waals surface area (Å²) >= 11 is -1.94. The quantitative estimate of drug-likeness (QED) is 0.471. The third-order valence-electron chi connectivity index (χ3n) is 4.96. The third-order valence-corrected chi connectivity index (χ3v) is 9.26. The summed E-state index contributed by atoms with van der Waals surface area (Å²) in [5, 5.41) is 0. The van der Waals surface area contributed by atoms with Crippen LogP contribution in [0.1, 0.15) is 50.3 Å². The van der Waals surface area contributed by atoms with E-state index in [-0.39, 0.29) is 0 Å². The molecule has 0 aliphatic heterocycles. The first-order chi connectivity index (χ1) is 11.5. The molecule has 1 nitrogen and oxygen atoms in total. The van der Waals surface area contributed by atoms with E-state index in [1.165, 1.54) is 27.9 Å². The van der Waals surface area contributed by atoms with Crippen LogP contribution in [0, 0.1) is 12.8 Å². The first-order valence-electron chi connectivity index (χ1n) is 9.64. The van der Waals surface area contributed by atoms with E-state index in [1.54, 1.807) is 4.40 Å². The van der Waals surface area contributed by atoms with Gasteiger partial charge in [0.05, 0.1) is 0 Å². The van der Waals surface area contributed by atoms with Gasteiger partial charge in [-0.15, -0.1) is 0 Å². The average Bonchev–Trinajstić information content (AvgIpc) is 2.47. The van der Waals surface area contributed by atoms with Gasteiger partial charge in [-0.25, -0.2) is 0 Å². The molecule has 0 saturated heterocycles. The van der Waals surface area contributed by atoms with Crippen molar-refractivity contribution in [3.8, 4) is 11.3 Å². The maximum absolute atomic E-state index is 2.51. The molecule has 1 aromatic carbocycles. The summed E-state index contributed by atoms with van der Waals surface area (Å²) in [5.74, 6) is 8.79. The molecule has 1 heterocycles. The van der Waals surface area contributed by atoms with E-state index in [1.807, 2.05) is 0 Å². The van der Waals surface area contributed by atoms with Gasteiger partial charge in [0.2, 0.25) is 0 Å². The number of pyridine rings is 1. The number of aryl methyl sites for hydroxylation is 2. The summed E-state index contributed by atoms with van der Waals surface area (Å²) < 4.78 is 3.99. The fraction of sp³-hybridized carbons (Fsp3) is 0.522. The van der Waals surface area contributed by atoms with Crippen molar-refractivity contribution >= 4 is 17.7 Å². The average molecular weight is 399 g/mol. The zero-order chi connectivity index (χ0) is 18.9. The molecule has 25 heavy (non-hydrogen) atoms. The number of benzene rings is 1. The van der Waals surface area contributed by atoms with Crippen LogP contribution in [0.15, 0.2) is 30.5 Å². The fourth-order valence-electron chi connectivity index (χ4n) is 3.59. The first-order valence-corrected chi connectivity index (χ1v) is 17.0. The summed E-state index contributed by atoms with van der Waals surface area (Å²) in [4.78, 5) is 0. The number of hydrogen-bond donors (Lipinski definition) is 0. The Labute approximate surface area is 157 Å². The van der Waals surface area contributed by atoms with Crippen LogP contribution >= 0.6 is 0 Å². The molecule has 0 aliphatic rings. The van der Waals surface area contributed by atoms with Gasteiger partial charge in [0.15, 0.2) is 0 Å². The minimum atomic E-state index is -1.94. The van der Waals surface area contributed by atoms with Gasteiger partial charge in [-0.3, -0.25) is 0 Å². The van der Waals surface area contributed by atoms with Crippen LogP contribution in [-0.4, -0.2) is 13.3 Å². The second-order valence-corrected chi connectivity index (χ2v) is 19.9. The minimum absolute atomic E-state index is 0.577. The zero-order valence-electron chi connectivity index (χ0n) is 17.7. The van der Waals surface area contributed by atoms with Crippen LogP contribution in [0.2, 0.25) is 17.3 Å². The second kappa shape index (κ2) is 7.65. The molecule has 0 radical (unpaired) electrons. The Morgan fingerprint density at radius 1 is 1.00 bits per heavy atom. The topological polar surface area (TPSA) is 3.88 Å². The van der Waals surface area contributed by atoms with Crippen molar-refractivity contribution < 1.29 is 4.57 Å². The summed E-state index contributed by atoms with van der Waals surface area (Å²) in [5.41, 5.74) is 7.11. The van der Waals surface area contributed by atoms with Crippen LogP contribution in [0.4, 0.5) is 0 Å². The Morgan fingerprint density at radius 2 is 1.64 bits per heavy atom. The number of nitrogens with zero attached hydrogens (tertiary/aromatic N) is 1. The molecule has 1 aromatic heterocycles. The molecule has 0 bridgehead atoms. The number of hydrogen-bond acceptors (Lipinski definition) is 0. The summed E-state index contributed by atoms with van der Waals surface area (Å²) in [6, 6.07) is 9.52. The van der Waals surface area contributed by atoms with E-state index in [9.17, 15) is 0 Å². The van der Waals surface area contributed by atoms with Crippen molar-refractivity contribution in [2.24, 2.45) is 13.0 Å². The van der Waals surface area contributed by atoms with Gasteiger partial charge < -0.3 is 0 Å². The molecule has 2 rings (SSSR count). The zero-order valence-corrected chi connectivity index (χ0v) is 19.8. The van der Waals surface area contributed by atoms with Crippen LogP contribution in [0.3, 0.4) is 0 Å². The predicted molar refractivity (Wildman–Crippen MR) is 113 cm³/mol. The van der Waals surface area contributed by atoms with Gasteiger partial charge in [0, 0.05) is 0 Å². The molecule has 0 amide bonds. The van der Waals surface area contributed by atoms with E-state index in [0.29, 0.717) is 11.8 Å². The molecule has 0 atom stereocenters. The molecular weight excluding hydrogens is 363 g/mol. The molecule has 0 saturated carbocycles. The van der Waals surface area contributed by atoms with Gasteiger partial charge in [0.1, 0.15) is 0 Å². The van der Waals surface area contributed by atoms with E-state index < -0.39 is 13.3 Å². The molecule has 0 spiro atoms. The summed E-state index contributed by atoms with van der Waals surface area (Å²) in [6.45, 7) is 11.5. The molecular formula is C23H36GeN+. The molecule has 136 valence electrons. The Bertz CT molecular complexity index is 751. The van der Waals surface area contributed by atoms with E-state index >= 15 is 0 Å². The summed E-state index contributed by atoms with van der Waals surface area (Å²) in [6.07, 6.45) is 3.53. The Balaban J connectivity index is 2.67. The third kappa shape index (κ3) is 4.75. The summed E-state index contributed by atoms with van der Waals surface area (Å²) in [7, 11) is 2.20. The van der Waals surface area contributed by atoms with Crippen molar-refractivity contribution in [1.29, 1.82) is 0 Å². The fourth-order valence-corrected chi connectivity index (χ4v) is 7.34. The molecule has 0 fully saturated rings. The van der Waals surface area contributed by atoms with E-state index in [4.69, 9.17) is 0 Å². The second-order valence-electron chi connectivity index (χ2n) is 9.29. The van der Waals surface area contributed by atoms with Crippen LogP contribution < -0.4 is 8.96 Å². The van der Waals surface area contributed by atoms with Crippen molar-refractivity contribution in [3.63, 3.8) is 0 Å². The van der Waals surface area contributed by atoms with Crippen LogP contribution in [0.25, 0.3) is 11.3 Å². The van der Waals surface area contributed by atoms with E-state index in [0.717, 1.165) is 6.42 Å². The standard InChI is InChI=1S/C23H36GeN/c1-16(2)12-19-11-10-18(5)20(13-19)23-14-22(24(6,7)8)21(17(3)4)15-25(23)9/h10-11,13-17H,12H2,1-9H3/q+1. The van der Waals surface area contributed by atoms with Crippen LogP contribution in [-0.2, 0) is 13.5 Å². The molecule has 2 aromatic rings. The van der Waals surface area contributed by atoms with Crippen molar-refractivity contribution in [3.05, 3.63) is 47.2 Å². The molecule has 0 N–H and O–H groups in total. The Hall–Kier alpha value is -1.09. The monoisotopic (exact) mass is 400 g/mol. The first kappa shape index (κ1) is 20.2. The molecule has 0 unspecified atom stereocenters. The number of rotatable bonds is 5. The van der Waals surface area contributed by atoms with Crippen molar-refractivity contribution in [1.82, 2.24) is 0 Å². The van der Waals surface area contributed by atoms with Crippen molar-refractivity contribution in [2.45, 2.75) is 64.2 Å². The van der Waals surface area contributed by atoms with E-state index in [2.05, 4.69) is 94.0 Å². The van der Waals surface area contributed by atoms with Gasteiger partial charge in [0.25, 0.3) is 0 Å². The predicted octanol–water partition coefficient (Wildman–Crippen LogP) is 5.35.